The van der Waals surface area contributed by atoms with Gasteiger partial charge in [0.2, 0.25) is 0 Å². The van der Waals surface area contributed by atoms with Crippen molar-refractivity contribution in [3.63, 3.8) is 0 Å². The molecule has 4 aromatic carbocycles. The number of para-hydroxylation sites is 1. The quantitative estimate of drug-likeness (QED) is 0.158. The molecule has 5 nitrogen and oxygen atoms in total. The summed E-state index contributed by atoms with van der Waals surface area (Å²) in [4.78, 5) is 9.10. The Morgan fingerprint density at radius 3 is 2.25 bits per heavy atom. The smallest absolute Gasteiger partial charge is 0.135 e. The van der Waals surface area contributed by atoms with Gasteiger partial charge in [-0.15, -0.1) is 29.3 Å². The molecule has 4 aliphatic rings. The van der Waals surface area contributed by atoms with Gasteiger partial charge in [-0.1, -0.05) is 66.4 Å². The summed E-state index contributed by atoms with van der Waals surface area (Å²) in [6, 6.07) is 41.6. The molecule has 7 aromatic rings. The Kier molecular flexibility index (Phi) is 7.16. The molecule has 48 heavy (non-hydrogen) atoms. The van der Waals surface area contributed by atoms with Gasteiger partial charge in [-0.25, -0.2) is 4.98 Å². The van der Waals surface area contributed by atoms with E-state index in [1.165, 1.54) is 48.6 Å². The number of hydrogen-bond acceptors (Lipinski definition) is 3. The van der Waals surface area contributed by atoms with E-state index in [1.807, 2.05) is 36.7 Å². The minimum absolute atomic E-state index is 0. The monoisotopic (exact) mass is 804 g/mol. The van der Waals surface area contributed by atoms with Crippen LogP contribution in [0.25, 0.3) is 33.3 Å². The maximum absolute atomic E-state index is 6.38. The first kappa shape index (κ1) is 29.7. The van der Waals surface area contributed by atoms with E-state index in [4.69, 9.17) is 9.72 Å². The summed E-state index contributed by atoms with van der Waals surface area (Å²) in [5.41, 5.74) is 5.77. The van der Waals surface area contributed by atoms with Gasteiger partial charge in [0.25, 0.3) is 0 Å². The second-order valence-electron chi connectivity index (χ2n) is 13.8. The first-order valence-corrected chi connectivity index (χ1v) is 16.8. The van der Waals surface area contributed by atoms with E-state index in [-0.39, 0.29) is 26.5 Å². The largest absolute Gasteiger partial charge is 0.510 e. The molecule has 0 aliphatic heterocycles. The Morgan fingerprint density at radius 2 is 1.46 bits per heavy atom. The average Bonchev–Trinajstić information content (AvgIpc) is 3.76. The molecule has 240 valence electrons. The molecule has 6 heteroatoms. The van der Waals surface area contributed by atoms with Crippen molar-refractivity contribution in [3.8, 4) is 23.0 Å². The normalized spacial score (nSPS) is 24.2. The zero-order valence-electron chi connectivity index (χ0n) is 26.3. The van der Waals surface area contributed by atoms with E-state index < -0.39 is 0 Å². The molecular weight excluding hydrogens is 772 g/mol. The Hall–Kier alpha value is -4.47. The molecule has 0 unspecified atom stereocenters. The van der Waals surface area contributed by atoms with Crippen LogP contribution in [0.1, 0.15) is 43.2 Å². The van der Waals surface area contributed by atoms with Crippen molar-refractivity contribution in [3.05, 3.63) is 145 Å². The summed E-state index contributed by atoms with van der Waals surface area (Å²) in [5, 5.41) is 2.30. The molecule has 0 atom stereocenters. The van der Waals surface area contributed by atoms with Gasteiger partial charge in [0.1, 0.15) is 5.82 Å². The van der Waals surface area contributed by atoms with E-state index in [0.717, 1.165) is 39.8 Å². The number of nitrogens with zero attached hydrogens (tertiary/aromatic N) is 4. The summed E-state index contributed by atoms with van der Waals surface area (Å²) in [6.45, 7) is 0. The first-order valence-electron chi connectivity index (χ1n) is 16.8. The Morgan fingerprint density at radius 1 is 0.688 bits per heavy atom. The molecule has 0 radical (unpaired) electrons. The standard InChI is InChI=1S/C42H33N4O.Pt/c1-2-7-30(8-3-1)42(32-20-28-19-29(22-32)23-33(42)21-28)31-15-16-44-41(24-31)46-39-12-5-4-11-37(39)38-14-13-36(26-40(38)46)47-35-10-6-9-34(25-35)45-18-17-43-27-45;/h1-18,24,28-29,32-33H,19-23H2;/q-3;. The SMILES string of the molecule is [Pt].[c-]1c(Oc2[c-]c3c(cc2)c2ccccc2n3-c2cc(C3(c4ccccc4)C4CC5CC(C4)CC3C5)ccn2)cccc1-n1[c-]ncc1. The minimum Gasteiger partial charge on any atom is -0.510 e. The van der Waals surface area contributed by atoms with Crippen LogP contribution in [0.3, 0.4) is 0 Å². The zero-order chi connectivity index (χ0) is 31.0. The molecule has 11 rings (SSSR count). The summed E-state index contributed by atoms with van der Waals surface area (Å²) in [6.07, 6.45) is 15.3. The van der Waals surface area contributed by atoms with Crippen LogP contribution in [0.2, 0.25) is 0 Å². The van der Waals surface area contributed by atoms with Crippen molar-refractivity contribution in [1.29, 1.82) is 0 Å². The second kappa shape index (κ2) is 11.6. The van der Waals surface area contributed by atoms with Gasteiger partial charge >= 0.3 is 0 Å². The third kappa shape index (κ3) is 4.54. The average molecular weight is 805 g/mol. The number of pyridine rings is 1. The van der Waals surface area contributed by atoms with Gasteiger partial charge in [0.15, 0.2) is 0 Å². The third-order valence-corrected chi connectivity index (χ3v) is 11.4. The topological polar surface area (TPSA) is 44.9 Å². The molecule has 3 heterocycles. The van der Waals surface area contributed by atoms with Crippen LogP contribution in [0, 0.1) is 42.1 Å². The van der Waals surface area contributed by atoms with E-state index in [2.05, 4.69) is 101 Å². The van der Waals surface area contributed by atoms with Crippen LogP contribution in [0.15, 0.2) is 116 Å². The van der Waals surface area contributed by atoms with Gasteiger partial charge in [-0.3, -0.25) is 0 Å². The number of imidazole rings is 1. The van der Waals surface area contributed by atoms with Gasteiger partial charge in [0, 0.05) is 56.0 Å². The molecule has 4 bridgehead atoms. The molecule has 4 fully saturated rings. The van der Waals surface area contributed by atoms with Crippen LogP contribution in [-0.2, 0) is 26.5 Å². The Labute approximate surface area is 294 Å². The number of benzene rings is 4. The molecule has 0 saturated heterocycles. The van der Waals surface area contributed by atoms with Crippen LogP contribution in [-0.4, -0.2) is 19.1 Å². The summed E-state index contributed by atoms with van der Waals surface area (Å²) in [5.74, 6) is 5.25. The Bertz CT molecular complexity index is 2230. The predicted molar refractivity (Wildman–Crippen MR) is 183 cm³/mol. The molecule has 4 saturated carbocycles. The van der Waals surface area contributed by atoms with Gasteiger partial charge < -0.3 is 18.9 Å². The van der Waals surface area contributed by atoms with Crippen molar-refractivity contribution in [2.45, 2.75) is 37.5 Å². The number of fused-ring (bicyclic) bond motifs is 3. The van der Waals surface area contributed by atoms with E-state index >= 15 is 0 Å². The number of hydrogen-bond donors (Lipinski definition) is 0. The maximum Gasteiger partial charge on any atom is 0.135 e. The number of aromatic nitrogens is 4. The molecule has 0 amide bonds. The second-order valence-corrected chi connectivity index (χ2v) is 13.8. The molecular formula is C42H33N4OPt-3. The van der Waals surface area contributed by atoms with Crippen molar-refractivity contribution < 1.29 is 25.8 Å². The predicted octanol–water partition coefficient (Wildman–Crippen LogP) is 9.30. The van der Waals surface area contributed by atoms with E-state index in [1.54, 1.807) is 10.8 Å². The van der Waals surface area contributed by atoms with E-state index in [9.17, 15) is 0 Å². The van der Waals surface area contributed by atoms with Crippen LogP contribution in [0.4, 0.5) is 0 Å². The minimum atomic E-state index is 0. The van der Waals surface area contributed by atoms with Crippen LogP contribution < -0.4 is 4.74 Å². The fourth-order valence-corrected chi connectivity index (χ4v) is 9.84. The summed E-state index contributed by atoms with van der Waals surface area (Å²) in [7, 11) is 0. The van der Waals surface area contributed by atoms with Gasteiger partial charge in [-0.05, 0) is 90.5 Å². The molecule has 4 aliphatic carbocycles. The van der Waals surface area contributed by atoms with Crippen molar-refractivity contribution >= 4 is 21.8 Å². The van der Waals surface area contributed by atoms with Gasteiger partial charge in [0.05, 0.1) is 0 Å². The third-order valence-electron chi connectivity index (χ3n) is 11.4. The number of ether oxygens (including phenoxy) is 1. The zero-order valence-corrected chi connectivity index (χ0v) is 28.6. The van der Waals surface area contributed by atoms with E-state index in [0.29, 0.717) is 23.3 Å². The van der Waals surface area contributed by atoms with Crippen molar-refractivity contribution in [2.24, 2.45) is 23.7 Å². The Balaban J connectivity index is 0.00000314. The van der Waals surface area contributed by atoms with Crippen molar-refractivity contribution in [1.82, 2.24) is 19.1 Å². The van der Waals surface area contributed by atoms with Crippen LogP contribution >= 0.6 is 0 Å². The first-order chi connectivity index (χ1) is 23.2. The van der Waals surface area contributed by atoms with Crippen LogP contribution in [0.5, 0.6) is 11.5 Å². The molecule has 0 spiro atoms. The van der Waals surface area contributed by atoms with Gasteiger partial charge in [-0.2, -0.15) is 24.3 Å². The molecule has 3 aromatic heterocycles. The van der Waals surface area contributed by atoms with Crippen molar-refractivity contribution in [2.75, 3.05) is 0 Å². The summed E-state index contributed by atoms with van der Waals surface area (Å²) >= 11 is 0. The fourth-order valence-electron chi connectivity index (χ4n) is 9.84. The maximum atomic E-state index is 6.38. The molecule has 0 N–H and O–H groups in total. The summed E-state index contributed by atoms with van der Waals surface area (Å²) < 4.78 is 10.4. The number of rotatable bonds is 6. The fraction of sp³-hybridized carbons (Fsp3) is 0.238.